The van der Waals surface area contributed by atoms with Crippen LogP contribution in [0.15, 0.2) is 0 Å². The first-order valence-corrected chi connectivity index (χ1v) is 6.49. The van der Waals surface area contributed by atoms with E-state index >= 15 is 0 Å². The van der Waals surface area contributed by atoms with Gasteiger partial charge in [-0.05, 0) is 25.2 Å². The van der Waals surface area contributed by atoms with Crippen LogP contribution in [0, 0.1) is 5.92 Å². The highest BCUT2D eigenvalue weighted by atomic mass is 32.1. The van der Waals surface area contributed by atoms with Gasteiger partial charge in [0, 0.05) is 25.4 Å². The zero-order valence-corrected chi connectivity index (χ0v) is 11.1. The standard InChI is InChI=1S/C12H22N2OS/c1-9(2)3-6-12(15)14(10-4-5-10)8-7-11(13)16/h9-10H,3-8H2,1-2H3,(H2,13,16). The van der Waals surface area contributed by atoms with Gasteiger partial charge in [-0.25, -0.2) is 0 Å². The Morgan fingerprint density at radius 1 is 1.44 bits per heavy atom. The minimum Gasteiger partial charge on any atom is -0.393 e. The summed E-state index contributed by atoms with van der Waals surface area (Å²) >= 11 is 4.85. The molecule has 0 spiro atoms. The molecule has 1 aliphatic rings. The number of hydrogen-bond donors (Lipinski definition) is 1. The summed E-state index contributed by atoms with van der Waals surface area (Å²) < 4.78 is 0. The zero-order valence-electron chi connectivity index (χ0n) is 10.2. The second-order valence-electron chi connectivity index (χ2n) is 4.97. The van der Waals surface area contributed by atoms with Crippen LogP contribution in [-0.2, 0) is 4.79 Å². The second kappa shape index (κ2) is 6.18. The molecule has 0 aromatic heterocycles. The number of amides is 1. The van der Waals surface area contributed by atoms with E-state index in [1.807, 2.05) is 4.90 Å². The van der Waals surface area contributed by atoms with E-state index in [1.54, 1.807) is 0 Å². The van der Waals surface area contributed by atoms with Crippen LogP contribution in [-0.4, -0.2) is 28.4 Å². The lowest BCUT2D eigenvalue weighted by atomic mass is 10.1. The summed E-state index contributed by atoms with van der Waals surface area (Å²) in [6, 6.07) is 0.467. The lowest BCUT2D eigenvalue weighted by Crippen LogP contribution is -2.35. The number of hydrogen-bond acceptors (Lipinski definition) is 2. The number of thiocarbonyl (C=S) groups is 1. The second-order valence-corrected chi connectivity index (χ2v) is 5.49. The maximum atomic E-state index is 12.0. The monoisotopic (exact) mass is 242 g/mol. The molecular weight excluding hydrogens is 220 g/mol. The molecule has 0 radical (unpaired) electrons. The van der Waals surface area contributed by atoms with E-state index in [4.69, 9.17) is 18.0 Å². The molecule has 4 heteroatoms. The Labute approximate surface area is 103 Å². The molecule has 0 bridgehead atoms. The number of carbonyl (C=O) groups excluding carboxylic acids is 1. The van der Waals surface area contributed by atoms with Crippen molar-refractivity contribution in [1.82, 2.24) is 4.90 Å². The molecule has 0 heterocycles. The van der Waals surface area contributed by atoms with Crippen molar-refractivity contribution in [1.29, 1.82) is 0 Å². The van der Waals surface area contributed by atoms with Gasteiger partial charge in [0.1, 0.15) is 0 Å². The Morgan fingerprint density at radius 3 is 2.50 bits per heavy atom. The first kappa shape index (κ1) is 13.4. The van der Waals surface area contributed by atoms with Gasteiger partial charge < -0.3 is 10.6 Å². The fourth-order valence-electron chi connectivity index (χ4n) is 1.68. The number of rotatable bonds is 7. The molecular formula is C12H22N2OS. The van der Waals surface area contributed by atoms with Crippen LogP contribution in [0.5, 0.6) is 0 Å². The third kappa shape index (κ3) is 4.92. The normalized spacial score (nSPS) is 15.2. The fraction of sp³-hybridized carbons (Fsp3) is 0.833. The molecule has 1 fully saturated rings. The van der Waals surface area contributed by atoms with Crippen molar-refractivity contribution in [3.05, 3.63) is 0 Å². The van der Waals surface area contributed by atoms with E-state index in [9.17, 15) is 4.79 Å². The van der Waals surface area contributed by atoms with E-state index < -0.39 is 0 Å². The minimum absolute atomic E-state index is 0.271. The predicted molar refractivity (Wildman–Crippen MR) is 70.2 cm³/mol. The molecule has 0 unspecified atom stereocenters. The lowest BCUT2D eigenvalue weighted by Gasteiger charge is -2.22. The van der Waals surface area contributed by atoms with E-state index in [1.165, 1.54) is 0 Å². The fourth-order valence-corrected chi connectivity index (χ4v) is 1.77. The molecule has 0 aliphatic heterocycles. The van der Waals surface area contributed by atoms with Gasteiger partial charge in [-0.1, -0.05) is 26.1 Å². The van der Waals surface area contributed by atoms with E-state index in [2.05, 4.69) is 13.8 Å². The van der Waals surface area contributed by atoms with E-state index in [-0.39, 0.29) is 5.91 Å². The lowest BCUT2D eigenvalue weighted by molar-refractivity contribution is -0.132. The highest BCUT2D eigenvalue weighted by Crippen LogP contribution is 2.28. The van der Waals surface area contributed by atoms with Gasteiger partial charge in [0.15, 0.2) is 0 Å². The van der Waals surface area contributed by atoms with Crippen molar-refractivity contribution in [3.8, 4) is 0 Å². The van der Waals surface area contributed by atoms with Gasteiger partial charge in [-0.2, -0.15) is 0 Å². The van der Waals surface area contributed by atoms with Crippen molar-refractivity contribution >= 4 is 23.1 Å². The zero-order chi connectivity index (χ0) is 12.1. The SMILES string of the molecule is CC(C)CCC(=O)N(CCC(N)=S)C1CC1. The Bertz CT molecular complexity index is 262. The highest BCUT2D eigenvalue weighted by Gasteiger charge is 2.31. The van der Waals surface area contributed by atoms with Gasteiger partial charge in [-0.15, -0.1) is 0 Å². The molecule has 1 rings (SSSR count). The van der Waals surface area contributed by atoms with Crippen LogP contribution in [0.3, 0.4) is 0 Å². The predicted octanol–water partition coefficient (Wildman–Crippen LogP) is 2.09. The molecule has 1 saturated carbocycles. The molecule has 0 atom stereocenters. The van der Waals surface area contributed by atoms with Crippen molar-refractivity contribution in [2.75, 3.05) is 6.54 Å². The van der Waals surface area contributed by atoms with Crippen LogP contribution in [0.2, 0.25) is 0 Å². The summed E-state index contributed by atoms with van der Waals surface area (Å²) in [6.07, 6.45) is 4.56. The molecule has 3 nitrogen and oxygen atoms in total. The summed E-state index contributed by atoms with van der Waals surface area (Å²) in [5.41, 5.74) is 5.48. The van der Waals surface area contributed by atoms with Crippen LogP contribution in [0.4, 0.5) is 0 Å². The summed E-state index contributed by atoms with van der Waals surface area (Å²) in [5.74, 6) is 0.855. The first-order chi connectivity index (χ1) is 7.50. The molecule has 92 valence electrons. The Hall–Kier alpha value is -0.640. The van der Waals surface area contributed by atoms with E-state index in [0.717, 1.165) is 19.3 Å². The van der Waals surface area contributed by atoms with Crippen LogP contribution >= 0.6 is 12.2 Å². The van der Waals surface area contributed by atoms with Crippen molar-refractivity contribution in [2.24, 2.45) is 11.7 Å². The Kier molecular flexibility index (Phi) is 5.19. The Morgan fingerprint density at radius 2 is 2.06 bits per heavy atom. The largest absolute Gasteiger partial charge is 0.393 e. The third-order valence-corrected chi connectivity index (χ3v) is 3.05. The first-order valence-electron chi connectivity index (χ1n) is 6.08. The van der Waals surface area contributed by atoms with Crippen molar-refractivity contribution in [2.45, 2.75) is 52.0 Å². The van der Waals surface area contributed by atoms with Crippen molar-refractivity contribution in [3.63, 3.8) is 0 Å². The van der Waals surface area contributed by atoms with Crippen LogP contribution in [0.1, 0.15) is 46.0 Å². The quantitative estimate of drug-likeness (QED) is 0.695. The average Bonchev–Trinajstić information content (AvgIpc) is 2.98. The van der Waals surface area contributed by atoms with E-state index in [0.29, 0.717) is 36.3 Å². The van der Waals surface area contributed by atoms with Crippen molar-refractivity contribution < 1.29 is 4.79 Å². The van der Waals surface area contributed by atoms with Gasteiger partial charge in [0.25, 0.3) is 0 Å². The van der Waals surface area contributed by atoms with Gasteiger partial charge in [0.2, 0.25) is 5.91 Å². The topological polar surface area (TPSA) is 46.3 Å². The van der Waals surface area contributed by atoms with Gasteiger partial charge in [0.05, 0.1) is 4.99 Å². The van der Waals surface area contributed by atoms with Gasteiger partial charge in [-0.3, -0.25) is 4.79 Å². The molecule has 0 aromatic carbocycles. The number of nitrogens with two attached hydrogens (primary N) is 1. The number of nitrogens with zero attached hydrogens (tertiary/aromatic N) is 1. The maximum absolute atomic E-state index is 12.0. The minimum atomic E-state index is 0.271. The molecule has 2 N–H and O–H groups in total. The summed E-state index contributed by atoms with van der Waals surface area (Å²) in [4.78, 5) is 14.5. The average molecular weight is 242 g/mol. The third-order valence-electron chi connectivity index (χ3n) is 2.84. The Balaban J connectivity index is 2.36. The van der Waals surface area contributed by atoms with Crippen LogP contribution < -0.4 is 5.73 Å². The summed E-state index contributed by atoms with van der Waals surface area (Å²) in [7, 11) is 0. The smallest absolute Gasteiger partial charge is 0.222 e. The summed E-state index contributed by atoms with van der Waals surface area (Å²) in [5, 5.41) is 0. The van der Waals surface area contributed by atoms with Gasteiger partial charge >= 0.3 is 0 Å². The van der Waals surface area contributed by atoms with Crippen LogP contribution in [0.25, 0.3) is 0 Å². The maximum Gasteiger partial charge on any atom is 0.222 e. The number of carbonyl (C=O) groups is 1. The molecule has 16 heavy (non-hydrogen) atoms. The molecule has 0 saturated heterocycles. The molecule has 0 aromatic rings. The highest BCUT2D eigenvalue weighted by molar-refractivity contribution is 7.80. The molecule has 1 amide bonds. The summed E-state index contributed by atoms with van der Waals surface area (Å²) in [6.45, 7) is 4.99. The molecule has 1 aliphatic carbocycles.